The second-order valence-electron chi connectivity index (χ2n) is 5.72. The van der Waals surface area contributed by atoms with Crippen molar-refractivity contribution in [3.63, 3.8) is 0 Å². The minimum absolute atomic E-state index is 0.121. The fourth-order valence-electron chi connectivity index (χ4n) is 2.53. The van der Waals surface area contributed by atoms with Crippen LogP contribution in [-0.4, -0.2) is 22.6 Å². The number of amides is 1. The number of thioether (sulfide) groups is 1. The highest BCUT2D eigenvalue weighted by atomic mass is 32.2. The number of carbonyl (C=O) groups excluding carboxylic acids is 1. The normalized spacial score (nSPS) is 15.3. The van der Waals surface area contributed by atoms with E-state index in [2.05, 4.69) is 33.6 Å². The molecule has 0 saturated carbocycles. The first kappa shape index (κ1) is 20.3. The van der Waals surface area contributed by atoms with Crippen LogP contribution in [0.1, 0.15) is 17.2 Å². The highest BCUT2D eigenvalue weighted by Gasteiger charge is 2.35. The molecule has 1 aromatic heterocycles. The number of fused-ring (bicyclic) bond motifs is 1. The number of primary amides is 1. The lowest BCUT2D eigenvalue weighted by molar-refractivity contribution is -0.141. The summed E-state index contributed by atoms with van der Waals surface area (Å²) in [5, 5.41) is 3.22. The van der Waals surface area contributed by atoms with Gasteiger partial charge >= 0.3 is 6.18 Å². The van der Waals surface area contributed by atoms with Gasteiger partial charge in [-0.1, -0.05) is 36.5 Å². The zero-order chi connectivity index (χ0) is 21.2. The number of alkyl halides is 3. The third kappa shape index (κ3) is 4.21. The topological polar surface area (TPSA) is 93.3 Å². The molecule has 0 aliphatic carbocycles. The number of aliphatic imine (C=N–C) groups is 1. The van der Waals surface area contributed by atoms with Crippen molar-refractivity contribution in [3.8, 4) is 0 Å². The predicted molar refractivity (Wildman–Crippen MR) is 107 cm³/mol. The van der Waals surface area contributed by atoms with Crippen molar-refractivity contribution in [2.45, 2.75) is 11.1 Å². The van der Waals surface area contributed by atoms with Crippen molar-refractivity contribution in [3.05, 3.63) is 71.4 Å². The molecular weight excluding hydrogens is 403 g/mol. The lowest BCUT2D eigenvalue weighted by Crippen LogP contribution is -2.20. The number of para-hydroxylation sites is 1. The van der Waals surface area contributed by atoms with Crippen molar-refractivity contribution < 1.29 is 18.0 Å². The average Bonchev–Trinajstić information content (AvgIpc) is 3.08. The van der Waals surface area contributed by atoms with E-state index in [1.807, 2.05) is 0 Å². The van der Waals surface area contributed by atoms with Crippen LogP contribution in [-0.2, 0) is 11.0 Å². The van der Waals surface area contributed by atoms with Crippen molar-refractivity contribution in [1.82, 2.24) is 9.97 Å². The standard InChI is InChI=1S/C19H14F3N5OS/c1-3-10(9-24-2)12-8-14(19(20,21)22)27-17(25-12)15(16(23)28)18-26-11-6-4-5-7-13(11)29-18/h3-9,26H,1-2H2,(H2,23,28)/b10-9+,18-15-. The van der Waals surface area contributed by atoms with Gasteiger partial charge in [-0.2, -0.15) is 13.2 Å². The van der Waals surface area contributed by atoms with E-state index >= 15 is 0 Å². The second kappa shape index (κ2) is 7.92. The van der Waals surface area contributed by atoms with E-state index < -0.39 is 23.6 Å². The van der Waals surface area contributed by atoms with Gasteiger partial charge in [-0.05, 0) is 24.9 Å². The molecule has 0 bridgehead atoms. The van der Waals surface area contributed by atoms with Crippen LogP contribution in [0, 0.1) is 0 Å². The molecule has 3 rings (SSSR count). The number of aromatic nitrogens is 2. The van der Waals surface area contributed by atoms with Gasteiger partial charge in [0, 0.05) is 16.7 Å². The van der Waals surface area contributed by atoms with Crippen LogP contribution < -0.4 is 11.1 Å². The van der Waals surface area contributed by atoms with Crippen LogP contribution in [0.5, 0.6) is 0 Å². The van der Waals surface area contributed by atoms with Gasteiger partial charge in [0.1, 0.15) is 11.3 Å². The number of nitrogens with two attached hydrogens (primary N) is 1. The molecule has 0 radical (unpaired) electrons. The molecule has 0 unspecified atom stereocenters. The van der Waals surface area contributed by atoms with Crippen LogP contribution in [0.2, 0.25) is 0 Å². The summed E-state index contributed by atoms with van der Waals surface area (Å²) in [5.41, 5.74) is 4.76. The second-order valence-corrected chi connectivity index (χ2v) is 6.77. The molecule has 2 aromatic rings. The molecule has 0 saturated heterocycles. The lowest BCUT2D eigenvalue weighted by atomic mass is 10.1. The first-order chi connectivity index (χ1) is 13.7. The molecule has 3 N–H and O–H groups in total. The maximum absolute atomic E-state index is 13.4. The number of halogens is 3. The van der Waals surface area contributed by atoms with Gasteiger partial charge in [0.15, 0.2) is 5.82 Å². The number of carbonyl (C=O) groups is 1. The smallest absolute Gasteiger partial charge is 0.365 e. The Morgan fingerprint density at radius 1 is 1.28 bits per heavy atom. The Labute approximate surface area is 168 Å². The zero-order valence-electron chi connectivity index (χ0n) is 14.8. The fraction of sp³-hybridized carbons (Fsp3) is 0.0526. The van der Waals surface area contributed by atoms with Gasteiger partial charge in [-0.25, -0.2) is 9.97 Å². The third-order valence-electron chi connectivity index (χ3n) is 3.81. The first-order valence-corrected chi connectivity index (χ1v) is 8.89. The van der Waals surface area contributed by atoms with Crippen molar-refractivity contribution >= 4 is 41.2 Å². The highest BCUT2D eigenvalue weighted by molar-refractivity contribution is 8.04. The molecule has 0 atom stereocenters. The monoisotopic (exact) mass is 417 g/mol. The lowest BCUT2D eigenvalue weighted by Gasteiger charge is -2.13. The number of rotatable bonds is 5. The van der Waals surface area contributed by atoms with E-state index in [1.54, 1.807) is 24.3 Å². The van der Waals surface area contributed by atoms with Gasteiger partial charge in [0.2, 0.25) is 0 Å². The van der Waals surface area contributed by atoms with Gasteiger partial charge in [0.05, 0.1) is 16.4 Å². The maximum atomic E-state index is 13.4. The number of hydrogen-bond acceptors (Lipinski definition) is 6. The molecule has 1 amide bonds. The molecule has 1 aliphatic heterocycles. The van der Waals surface area contributed by atoms with E-state index in [0.717, 1.165) is 22.7 Å². The molecule has 6 nitrogen and oxygen atoms in total. The molecule has 2 heterocycles. The van der Waals surface area contributed by atoms with Gasteiger partial charge < -0.3 is 11.1 Å². The van der Waals surface area contributed by atoms with E-state index in [4.69, 9.17) is 5.73 Å². The zero-order valence-corrected chi connectivity index (χ0v) is 15.6. The quantitative estimate of drug-likeness (QED) is 0.434. The molecule has 0 fully saturated rings. The number of nitrogens with one attached hydrogen (secondary N) is 1. The summed E-state index contributed by atoms with van der Waals surface area (Å²) in [6.45, 7) is 6.82. The number of benzene rings is 1. The Hall–Kier alpha value is -3.40. The van der Waals surface area contributed by atoms with Gasteiger partial charge in [0.25, 0.3) is 5.91 Å². The van der Waals surface area contributed by atoms with Gasteiger partial charge in [-0.15, -0.1) is 0 Å². The molecule has 29 heavy (non-hydrogen) atoms. The largest absolute Gasteiger partial charge is 0.433 e. The van der Waals surface area contributed by atoms with E-state index in [1.165, 1.54) is 12.3 Å². The molecule has 1 aromatic carbocycles. The van der Waals surface area contributed by atoms with Crippen LogP contribution in [0.3, 0.4) is 0 Å². The number of anilines is 1. The van der Waals surface area contributed by atoms with Gasteiger partial charge in [-0.3, -0.25) is 9.79 Å². The van der Waals surface area contributed by atoms with Crippen LogP contribution in [0.15, 0.2) is 64.1 Å². The Balaban J connectivity index is 2.23. The molecule has 148 valence electrons. The summed E-state index contributed by atoms with van der Waals surface area (Å²) in [6.07, 6.45) is -2.29. The maximum Gasteiger partial charge on any atom is 0.433 e. The first-order valence-electron chi connectivity index (χ1n) is 8.08. The summed E-state index contributed by atoms with van der Waals surface area (Å²) < 4.78 is 40.3. The molecule has 10 heteroatoms. The minimum Gasteiger partial charge on any atom is -0.365 e. The summed E-state index contributed by atoms with van der Waals surface area (Å²) >= 11 is 1.15. The highest BCUT2D eigenvalue weighted by Crippen LogP contribution is 2.43. The summed E-state index contributed by atoms with van der Waals surface area (Å²) in [6, 6.07) is 7.88. The van der Waals surface area contributed by atoms with Crippen LogP contribution in [0.25, 0.3) is 11.1 Å². The van der Waals surface area contributed by atoms with Crippen molar-refractivity contribution in [2.75, 3.05) is 5.32 Å². The number of hydrogen-bond donors (Lipinski definition) is 2. The SMILES string of the molecule is C=C/C(=C\N=C)c1cc(C(F)(F)F)nc(/C(C(N)=O)=C2/Nc3ccccc3S2)n1. The Morgan fingerprint density at radius 2 is 2.00 bits per heavy atom. The fourth-order valence-corrected chi connectivity index (χ4v) is 3.58. The summed E-state index contributed by atoms with van der Waals surface area (Å²) in [4.78, 5) is 24.2. The van der Waals surface area contributed by atoms with E-state index in [-0.39, 0.29) is 21.9 Å². The number of nitrogens with zero attached hydrogens (tertiary/aromatic N) is 3. The predicted octanol–water partition coefficient (Wildman–Crippen LogP) is 4.09. The minimum atomic E-state index is -4.77. The average molecular weight is 417 g/mol. The van der Waals surface area contributed by atoms with Crippen molar-refractivity contribution in [2.24, 2.45) is 10.7 Å². The Morgan fingerprint density at radius 3 is 2.59 bits per heavy atom. The van der Waals surface area contributed by atoms with Crippen LogP contribution in [0.4, 0.5) is 18.9 Å². The number of allylic oxidation sites excluding steroid dienone is 2. The summed E-state index contributed by atoms with van der Waals surface area (Å²) in [7, 11) is 0. The van der Waals surface area contributed by atoms with E-state index in [9.17, 15) is 18.0 Å². The van der Waals surface area contributed by atoms with E-state index in [0.29, 0.717) is 5.69 Å². The summed E-state index contributed by atoms with van der Waals surface area (Å²) in [5.74, 6) is -1.42. The molecule has 0 spiro atoms. The Bertz CT molecular complexity index is 1050. The Kier molecular flexibility index (Phi) is 5.55. The van der Waals surface area contributed by atoms with Crippen molar-refractivity contribution in [1.29, 1.82) is 0 Å². The molecular formula is C19H14F3N5OS. The molecule has 1 aliphatic rings. The third-order valence-corrected chi connectivity index (χ3v) is 4.89. The van der Waals surface area contributed by atoms with Crippen LogP contribution >= 0.6 is 11.8 Å².